The largest absolute Gasteiger partial charge is 0.460 e. The highest BCUT2D eigenvalue weighted by molar-refractivity contribution is 6.45. The van der Waals surface area contributed by atoms with Crippen molar-refractivity contribution in [3.05, 3.63) is 0 Å². The summed E-state index contributed by atoms with van der Waals surface area (Å²) < 4.78 is 23.9. The van der Waals surface area contributed by atoms with Crippen molar-refractivity contribution in [3.8, 4) is 0 Å². The fraction of sp³-hybridized carbons (Fsp3) is 0.944. The Balaban J connectivity index is 2.19. The lowest BCUT2D eigenvalue weighted by molar-refractivity contribution is -0.0754. The molecule has 0 aliphatic carbocycles. The Kier molecular flexibility index (Phi) is 5.04. The van der Waals surface area contributed by atoms with Crippen LogP contribution in [0.4, 0.5) is 4.79 Å². The van der Waals surface area contributed by atoms with Crippen LogP contribution in [0.5, 0.6) is 0 Å². The summed E-state index contributed by atoms with van der Waals surface area (Å²) in [6, 6.07) is -0.181. The molecular formula is C18H34BNO5. The van der Waals surface area contributed by atoms with Crippen molar-refractivity contribution >= 4 is 13.2 Å². The van der Waals surface area contributed by atoms with Gasteiger partial charge >= 0.3 is 13.2 Å². The molecule has 2 heterocycles. The van der Waals surface area contributed by atoms with E-state index >= 15 is 0 Å². The Labute approximate surface area is 152 Å². The summed E-state index contributed by atoms with van der Waals surface area (Å²) in [7, 11) is -0.389. The third-order valence-corrected chi connectivity index (χ3v) is 5.25. The summed E-state index contributed by atoms with van der Waals surface area (Å²) in [5.74, 6) is 0. The number of hydrogen-bond acceptors (Lipinski definition) is 5. The van der Waals surface area contributed by atoms with E-state index in [2.05, 4.69) is 0 Å². The molecule has 0 spiro atoms. The van der Waals surface area contributed by atoms with Crippen molar-refractivity contribution in [1.29, 1.82) is 0 Å². The minimum atomic E-state index is -0.740. The first-order valence-electron chi connectivity index (χ1n) is 9.11. The van der Waals surface area contributed by atoms with Gasteiger partial charge in [-0.15, -0.1) is 0 Å². The maximum absolute atomic E-state index is 12.8. The van der Waals surface area contributed by atoms with Gasteiger partial charge in [0.25, 0.3) is 0 Å². The predicted octanol–water partition coefficient (Wildman–Crippen LogP) is 3.84. The number of carbonyl (C=O) groups excluding carboxylic acids is 1. The molecule has 1 amide bonds. The van der Waals surface area contributed by atoms with Crippen LogP contribution in [0.2, 0.25) is 6.32 Å². The van der Waals surface area contributed by atoms with Gasteiger partial charge in [-0.25, -0.2) is 4.79 Å². The molecule has 0 N–H and O–H groups in total. The lowest BCUT2D eigenvalue weighted by Gasteiger charge is -2.35. The standard InChI is InChI=1S/C18H34BNO5/c1-12-13(11-19-24-16(5,6)17(7,8)25-19)20(18(9,10)22-12)14(21)23-15(2,3)4/h12-13H,11H2,1-10H3/t12-,13-/m1/s1. The van der Waals surface area contributed by atoms with Crippen molar-refractivity contribution in [2.24, 2.45) is 0 Å². The molecule has 2 saturated heterocycles. The SMILES string of the molecule is C[C@H]1OC(C)(C)N(C(=O)OC(C)(C)C)[C@@H]1CB1OC(C)(C)C(C)(C)O1. The average Bonchev–Trinajstić information content (AvgIpc) is 2.66. The molecule has 7 heteroatoms. The highest BCUT2D eigenvalue weighted by atomic mass is 16.7. The molecular weight excluding hydrogens is 321 g/mol. The molecule has 25 heavy (non-hydrogen) atoms. The Morgan fingerprint density at radius 2 is 1.56 bits per heavy atom. The van der Waals surface area contributed by atoms with Gasteiger partial charge in [0.15, 0.2) is 0 Å². The lowest BCUT2D eigenvalue weighted by Crippen LogP contribution is -2.51. The summed E-state index contributed by atoms with van der Waals surface area (Å²) in [5, 5.41) is 0. The number of carbonyl (C=O) groups is 1. The highest BCUT2D eigenvalue weighted by Crippen LogP contribution is 2.41. The molecule has 2 atom stereocenters. The summed E-state index contributed by atoms with van der Waals surface area (Å²) in [6.45, 7) is 19.4. The van der Waals surface area contributed by atoms with E-state index in [1.807, 2.05) is 69.2 Å². The van der Waals surface area contributed by atoms with Crippen LogP contribution >= 0.6 is 0 Å². The van der Waals surface area contributed by atoms with Gasteiger partial charge in [-0.1, -0.05) is 0 Å². The molecule has 0 unspecified atom stereocenters. The van der Waals surface area contributed by atoms with Crippen LogP contribution in [0.3, 0.4) is 0 Å². The second kappa shape index (κ2) is 6.13. The van der Waals surface area contributed by atoms with Gasteiger partial charge in [-0.3, -0.25) is 4.90 Å². The van der Waals surface area contributed by atoms with Crippen molar-refractivity contribution in [1.82, 2.24) is 4.90 Å². The van der Waals surface area contributed by atoms with Gasteiger partial charge in [0.2, 0.25) is 0 Å². The van der Waals surface area contributed by atoms with Crippen LogP contribution in [0.15, 0.2) is 0 Å². The molecule has 0 radical (unpaired) electrons. The monoisotopic (exact) mass is 355 g/mol. The van der Waals surface area contributed by atoms with Crippen LogP contribution in [-0.2, 0) is 18.8 Å². The van der Waals surface area contributed by atoms with Crippen molar-refractivity contribution in [2.45, 2.75) is 110 Å². The molecule has 0 aromatic heterocycles. The van der Waals surface area contributed by atoms with E-state index in [-0.39, 0.29) is 25.4 Å². The van der Waals surface area contributed by atoms with Crippen molar-refractivity contribution in [2.75, 3.05) is 0 Å². The molecule has 6 nitrogen and oxygen atoms in total. The smallest absolute Gasteiger partial charge is 0.444 e. The van der Waals surface area contributed by atoms with E-state index < -0.39 is 22.5 Å². The first-order chi connectivity index (χ1) is 11.1. The molecule has 2 aliphatic heterocycles. The summed E-state index contributed by atoms with van der Waals surface area (Å²) >= 11 is 0. The van der Waals surface area contributed by atoms with Gasteiger partial charge in [0, 0.05) is 6.32 Å². The lowest BCUT2D eigenvalue weighted by atomic mass is 9.78. The molecule has 0 aromatic carbocycles. The molecule has 2 aliphatic rings. The Hall–Kier alpha value is -0.785. The van der Waals surface area contributed by atoms with E-state index in [0.717, 1.165) is 0 Å². The second-order valence-corrected chi connectivity index (χ2v) is 9.61. The highest BCUT2D eigenvalue weighted by Gasteiger charge is 2.56. The molecule has 2 fully saturated rings. The first kappa shape index (κ1) is 20.5. The first-order valence-corrected chi connectivity index (χ1v) is 9.11. The minimum absolute atomic E-state index is 0.137. The Morgan fingerprint density at radius 3 is 2.00 bits per heavy atom. The van der Waals surface area contributed by atoms with E-state index in [9.17, 15) is 4.79 Å². The minimum Gasteiger partial charge on any atom is -0.444 e. The molecule has 0 saturated carbocycles. The van der Waals surface area contributed by atoms with E-state index in [4.69, 9.17) is 18.8 Å². The summed E-state index contributed by atoms with van der Waals surface area (Å²) in [6.07, 6.45) is 0.0290. The molecule has 144 valence electrons. The number of ether oxygens (including phenoxy) is 2. The molecule has 0 bridgehead atoms. The van der Waals surface area contributed by atoms with Gasteiger partial charge in [-0.05, 0) is 69.2 Å². The van der Waals surface area contributed by atoms with Gasteiger partial charge < -0.3 is 18.8 Å². The zero-order valence-electron chi connectivity index (χ0n) is 17.4. The topological polar surface area (TPSA) is 57.2 Å². The van der Waals surface area contributed by atoms with E-state index in [1.165, 1.54) is 0 Å². The number of rotatable bonds is 2. The van der Waals surface area contributed by atoms with Gasteiger partial charge in [-0.2, -0.15) is 0 Å². The average molecular weight is 355 g/mol. The van der Waals surface area contributed by atoms with Crippen molar-refractivity contribution < 1.29 is 23.6 Å². The van der Waals surface area contributed by atoms with Gasteiger partial charge in [0.1, 0.15) is 11.3 Å². The Bertz CT molecular complexity index is 510. The van der Waals surface area contributed by atoms with Crippen LogP contribution < -0.4 is 0 Å². The third-order valence-electron chi connectivity index (χ3n) is 5.25. The fourth-order valence-corrected chi connectivity index (χ4v) is 3.42. The fourth-order valence-electron chi connectivity index (χ4n) is 3.42. The number of hydrogen-bond donors (Lipinski definition) is 0. The van der Waals surface area contributed by atoms with Crippen LogP contribution in [0, 0.1) is 0 Å². The normalized spacial score (nSPS) is 30.6. The summed E-state index contributed by atoms with van der Waals surface area (Å²) in [4.78, 5) is 14.5. The van der Waals surface area contributed by atoms with Crippen LogP contribution in [0.1, 0.15) is 69.2 Å². The number of amides is 1. The van der Waals surface area contributed by atoms with Crippen molar-refractivity contribution in [3.63, 3.8) is 0 Å². The third kappa shape index (κ3) is 4.14. The molecule has 2 rings (SSSR count). The van der Waals surface area contributed by atoms with Crippen LogP contribution in [-0.4, -0.2) is 52.8 Å². The maximum Gasteiger partial charge on any atom is 0.460 e. The predicted molar refractivity (Wildman–Crippen MR) is 97.4 cm³/mol. The maximum atomic E-state index is 12.8. The van der Waals surface area contributed by atoms with E-state index in [0.29, 0.717) is 6.32 Å². The number of nitrogens with zero attached hydrogens (tertiary/aromatic N) is 1. The molecule has 0 aromatic rings. The van der Waals surface area contributed by atoms with Crippen LogP contribution in [0.25, 0.3) is 0 Å². The zero-order valence-corrected chi connectivity index (χ0v) is 17.4. The zero-order chi connectivity index (χ0) is 19.4. The van der Waals surface area contributed by atoms with Gasteiger partial charge in [0.05, 0.1) is 23.3 Å². The Morgan fingerprint density at radius 1 is 1.08 bits per heavy atom. The quantitative estimate of drug-likeness (QED) is 0.705. The summed E-state index contributed by atoms with van der Waals surface area (Å²) in [5.41, 5.74) is -2.09. The second-order valence-electron chi connectivity index (χ2n) is 9.61. The van der Waals surface area contributed by atoms with E-state index in [1.54, 1.807) is 4.90 Å².